The van der Waals surface area contributed by atoms with Gasteiger partial charge in [-0.05, 0) is 12.1 Å². The molecule has 0 saturated heterocycles. The molecule has 0 saturated carbocycles. The molecule has 0 aliphatic heterocycles. The van der Waals surface area contributed by atoms with Crippen LogP contribution in [0.25, 0.3) is 11.1 Å². The highest BCUT2D eigenvalue weighted by molar-refractivity contribution is 5.71. The van der Waals surface area contributed by atoms with Crippen LogP contribution in [0.4, 0.5) is 4.39 Å². The van der Waals surface area contributed by atoms with Crippen molar-refractivity contribution in [3.63, 3.8) is 0 Å². The van der Waals surface area contributed by atoms with Gasteiger partial charge in [-0.1, -0.05) is 48.2 Å². The molecule has 0 atom stereocenters. The first-order valence-corrected chi connectivity index (χ1v) is 5.26. The number of rotatable bonds is 1. The maximum atomic E-state index is 13.7. The normalized spacial score (nSPS) is 9.53. The SMILES string of the molecule is OCC#Cc1ccccc1-c1ccccc1F. The van der Waals surface area contributed by atoms with Crippen molar-refractivity contribution >= 4 is 0 Å². The first-order valence-electron chi connectivity index (χ1n) is 5.26. The van der Waals surface area contributed by atoms with Crippen LogP contribution in [0.5, 0.6) is 0 Å². The lowest BCUT2D eigenvalue weighted by atomic mass is 9.99. The molecule has 2 rings (SSSR count). The van der Waals surface area contributed by atoms with E-state index in [-0.39, 0.29) is 12.4 Å². The van der Waals surface area contributed by atoms with Gasteiger partial charge in [0.25, 0.3) is 0 Å². The van der Waals surface area contributed by atoms with Gasteiger partial charge in [0.05, 0.1) is 0 Å². The molecule has 0 amide bonds. The van der Waals surface area contributed by atoms with Crippen molar-refractivity contribution in [2.24, 2.45) is 0 Å². The smallest absolute Gasteiger partial charge is 0.131 e. The van der Waals surface area contributed by atoms with E-state index in [0.717, 1.165) is 5.56 Å². The fraction of sp³-hybridized carbons (Fsp3) is 0.0667. The Kier molecular flexibility index (Phi) is 3.54. The molecule has 0 radical (unpaired) electrons. The lowest BCUT2D eigenvalue weighted by molar-refractivity contribution is 0.350. The van der Waals surface area contributed by atoms with Crippen LogP contribution in [0.3, 0.4) is 0 Å². The molecule has 0 unspecified atom stereocenters. The fourth-order valence-corrected chi connectivity index (χ4v) is 1.64. The third-order valence-electron chi connectivity index (χ3n) is 2.39. The summed E-state index contributed by atoms with van der Waals surface area (Å²) < 4.78 is 13.7. The fourth-order valence-electron chi connectivity index (χ4n) is 1.64. The molecule has 0 spiro atoms. The summed E-state index contributed by atoms with van der Waals surface area (Å²) in [5.74, 6) is 5.13. The zero-order valence-corrected chi connectivity index (χ0v) is 9.15. The molecule has 0 fully saturated rings. The van der Waals surface area contributed by atoms with Crippen molar-refractivity contribution in [2.75, 3.05) is 6.61 Å². The molecular weight excluding hydrogens is 215 g/mol. The van der Waals surface area contributed by atoms with Crippen LogP contribution >= 0.6 is 0 Å². The topological polar surface area (TPSA) is 20.2 Å². The Morgan fingerprint density at radius 2 is 1.59 bits per heavy atom. The Balaban J connectivity index is 2.56. The van der Waals surface area contributed by atoms with Gasteiger partial charge in [-0.3, -0.25) is 0 Å². The van der Waals surface area contributed by atoms with Gasteiger partial charge in [-0.15, -0.1) is 0 Å². The quantitative estimate of drug-likeness (QED) is 0.741. The van der Waals surface area contributed by atoms with E-state index in [1.807, 2.05) is 24.3 Å². The lowest BCUT2D eigenvalue weighted by Crippen LogP contribution is -1.88. The monoisotopic (exact) mass is 226 g/mol. The molecular formula is C15H11FO. The maximum Gasteiger partial charge on any atom is 0.131 e. The van der Waals surface area contributed by atoms with Gasteiger partial charge in [-0.25, -0.2) is 4.39 Å². The summed E-state index contributed by atoms with van der Waals surface area (Å²) in [6.07, 6.45) is 0. The van der Waals surface area contributed by atoms with Crippen LogP contribution < -0.4 is 0 Å². The molecule has 2 heteroatoms. The number of hydrogen-bond acceptors (Lipinski definition) is 1. The summed E-state index contributed by atoms with van der Waals surface area (Å²) in [6.45, 7) is -0.203. The van der Waals surface area contributed by atoms with E-state index in [2.05, 4.69) is 11.8 Å². The summed E-state index contributed by atoms with van der Waals surface area (Å²) in [7, 11) is 0. The van der Waals surface area contributed by atoms with Gasteiger partial charge in [0, 0.05) is 16.7 Å². The van der Waals surface area contributed by atoms with Gasteiger partial charge in [-0.2, -0.15) is 0 Å². The predicted molar refractivity (Wildman–Crippen MR) is 65.8 cm³/mol. The Morgan fingerprint density at radius 3 is 2.29 bits per heavy atom. The molecule has 0 bridgehead atoms. The van der Waals surface area contributed by atoms with Gasteiger partial charge in [0.2, 0.25) is 0 Å². The highest BCUT2D eigenvalue weighted by Crippen LogP contribution is 2.25. The van der Waals surface area contributed by atoms with Crippen molar-refractivity contribution < 1.29 is 9.50 Å². The second kappa shape index (κ2) is 5.29. The average molecular weight is 226 g/mol. The van der Waals surface area contributed by atoms with Crippen LogP contribution in [0.15, 0.2) is 48.5 Å². The second-order valence-electron chi connectivity index (χ2n) is 3.49. The summed E-state index contributed by atoms with van der Waals surface area (Å²) >= 11 is 0. The van der Waals surface area contributed by atoms with Crippen LogP contribution in [-0.2, 0) is 0 Å². The number of aliphatic hydroxyl groups is 1. The van der Waals surface area contributed by atoms with Crippen LogP contribution in [0.1, 0.15) is 5.56 Å². The summed E-state index contributed by atoms with van der Waals surface area (Å²) in [5, 5.41) is 8.70. The van der Waals surface area contributed by atoms with Gasteiger partial charge in [0.1, 0.15) is 12.4 Å². The molecule has 0 aromatic heterocycles. The molecule has 0 heterocycles. The minimum absolute atomic E-state index is 0.203. The highest BCUT2D eigenvalue weighted by atomic mass is 19.1. The zero-order chi connectivity index (χ0) is 12.1. The van der Waals surface area contributed by atoms with E-state index < -0.39 is 0 Å². The average Bonchev–Trinajstić information content (AvgIpc) is 2.37. The standard InChI is InChI=1S/C15H11FO/c16-15-10-4-3-9-14(15)13-8-2-1-6-12(13)7-5-11-17/h1-4,6,8-10,17H,11H2. The number of benzene rings is 2. The van der Waals surface area contributed by atoms with Crippen molar-refractivity contribution in [1.29, 1.82) is 0 Å². The minimum Gasteiger partial charge on any atom is -0.384 e. The molecule has 2 aromatic rings. The van der Waals surface area contributed by atoms with Gasteiger partial charge < -0.3 is 5.11 Å². The van der Waals surface area contributed by atoms with Crippen molar-refractivity contribution in [3.8, 4) is 23.0 Å². The first-order chi connectivity index (χ1) is 8.33. The Hall–Kier alpha value is -2.11. The number of aliphatic hydroxyl groups excluding tert-OH is 1. The number of hydrogen-bond donors (Lipinski definition) is 1. The molecule has 0 aliphatic rings. The maximum absolute atomic E-state index is 13.7. The minimum atomic E-state index is -0.272. The van der Waals surface area contributed by atoms with Gasteiger partial charge >= 0.3 is 0 Å². The molecule has 17 heavy (non-hydrogen) atoms. The highest BCUT2D eigenvalue weighted by Gasteiger charge is 2.06. The zero-order valence-electron chi connectivity index (χ0n) is 9.15. The van der Waals surface area contributed by atoms with Crippen LogP contribution in [0.2, 0.25) is 0 Å². The third-order valence-corrected chi connectivity index (χ3v) is 2.39. The second-order valence-corrected chi connectivity index (χ2v) is 3.49. The molecule has 1 N–H and O–H groups in total. The van der Waals surface area contributed by atoms with Crippen molar-refractivity contribution in [1.82, 2.24) is 0 Å². The van der Waals surface area contributed by atoms with Crippen LogP contribution in [-0.4, -0.2) is 11.7 Å². The molecule has 84 valence electrons. The van der Waals surface area contributed by atoms with E-state index >= 15 is 0 Å². The largest absolute Gasteiger partial charge is 0.384 e. The molecule has 0 aliphatic carbocycles. The predicted octanol–water partition coefficient (Wildman–Crippen LogP) is 2.84. The molecule has 2 aromatic carbocycles. The van der Waals surface area contributed by atoms with E-state index in [1.165, 1.54) is 6.07 Å². The van der Waals surface area contributed by atoms with E-state index in [4.69, 9.17) is 5.11 Å². The van der Waals surface area contributed by atoms with Crippen molar-refractivity contribution in [2.45, 2.75) is 0 Å². The molecule has 1 nitrogen and oxygen atoms in total. The van der Waals surface area contributed by atoms with E-state index in [9.17, 15) is 4.39 Å². The lowest BCUT2D eigenvalue weighted by Gasteiger charge is -2.05. The van der Waals surface area contributed by atoms with E-state index in [1.54, 1.807) is 18.2 Å². The summed E-state index contributed by atoms with van der Waals surface area (Å²) in [5.41, 5.74) is 1.98. The van der Waals surface area contributed by atoms with Gasteiger partial charge in [0.15, 0.2) is 0 Å². The first kappa shape index (κ1) is 11.4. The van der Waals surface area contributed by atoms with Crippen LogP contribution in [0, 0.1) is 17.7 Å². The Morgan fingerprint density at radius 1 is 0.941 bits per heavy atom. The Labute approximate surface area is 99.5 Å². The van der Waals surface area contributed by atoms with E-state index in [0.29, 0.717) is 11.1 Å². The van der Waals surface area contributed by atoms with Crippen molar-refractivity contribution in [3.05, 3.63) is 59.9 Å². The summed E-state index contributed by atoms with van der Waals surface area (Å²) in [6, 6.07) is 13.9. The third kappa shape index (κ3) is 2.52. The number of halogens is 1. The Bertz CT molecular complexity index is 579. The summed E-state index contributed by atoms with van der Waals surface area (Å²) in [4.78, 5) is 0.